The number of fused-ring (bicyclic) bond motifs is 2. The molecule has 3 aromatic rings. The molecule has 9 nitrogen and oxygen atoms in total. The number of esters is 1. The minimum Gasteiger partial charge on any atom is -0.469 e. The van der Waals surface area contributed by atoms with E-state index in [4.69, 9.17) is 18.6 Å². The normalized spacial score (nSPS) is 11.0. The number of nitrogens with one attached hydrogen (secondary N) is 1. The van der Waals surface area contributed by atoms with Crippen LogP contribution in [0.3, 0.4) is 0 Å². The number of hydrogen-bond acceptors (Lipinski definition) is 8. The van der Waals surface area contributed by atoms with Crippen molar-refractivity contribution in [1.29, 1.82) is 0 Å². The minimum atomic E-state index is -4.94. The van der Waals surface area contributed by atoms with Crippen molar-refractivity contribution in [3.63, 3.8) is 0 Å². The average molecular weight is 396 g/mol. The van der Waals surface area contributed by atoms with Gasteiger partial charge in [0.25, 0.3) is 0 Å². The van der Waals surface area contributed by atoms with Gasteiger partial charge in [-0.05, 0) is 18.2 Å². The maximum atomic E-state index is 11.1. The van der Waals surface area contributed by atoms with Gasteiger partial charge in [0.2, 0.25) is 11.0 Å². The summed E-state index contributed by atoms with van der Waals surface area (Å²) in [5, 5.41) is 3.24. The quantitative estimate of drug-likeness (QED) is 0.288. The highest BCUT2D eigenvalue weighted by atomic mass is 35.7. The molecule has 3 rings (SSSR count). The third-order valence-electron chi connectivity index (χ3n) is 3.71. The zero-order chi connectivity index (χ0) is 20.0. The van der Waals surface area contributed by atoms with Crippen LogP contribution in [0.2, 0.25) is 0 Å². The number of halogens is 1. The van der Waals surface area contributed by atoms with Gasteiger partial charge < -0.3 is 10.1 Å². The van der Waals surface area contributed by atoms with Gasteiger partial charge in [-0.1, -0.05) is 12.1 Å². The summed E-state index contributed by atoms with van der Waals surface area (Å²) in [7, 11) is -1.51. The van der Waals surface area contributed by atoms with Crippen LogP contribution < -0.4 is 28.5 Å². The van der Waals surface area contributed by atoms with E-state index in [0.29, 0.717) is 13.0 Å². The van der Waals surface area contributed by atoms with Crippen molar-refractivity contribution in [3.05, 3.63) is 42.5 Å². The highest BCUT2D eigenvalue weighted by Crippen LogP contribution is 2.18. The lowest BCUT2D eigenvalue weighted by Gasteiger charge is -2.17. The summed E-state index contributed by atoms with van der Waals surface area (Å²) >= 11 is 0. The van der Waals surface area contributed by atoms with Crippen molar-refractivity contribution in [2.24, 2.45) is 7.05 Å². The number of anilines is 1. The fourth-order valence-electron chi connectivity index (χ4n) is 2.51. The summed E-state index contributed by atoms with van der Waals surface area (Å²) in [6, 6.07) is 14.1. The Hall–Kier alpha value is -2.56. The summed E-state index contributed by atoms with van der Waals surface area (Å²) in [4.78, 5) is 15.8. The van der Waals surface area contributed by atoms with Gasteiger partial charge in [0.05, 0.1) is 13.5 Å². The van der Waals surface area contributed by atoms with Gasteiger partial charge in [-0.25, -0.2) is 23.6 Å². The number of ether oxygens (including phenoxy) is 1. The Morgan fingerprint density at radius 2 is 1.74 bits per heavy atom. The lowest BCUT2D eigenvalue weighted by Crippen LogP contribution is -2.68. The van der Waals surface area contributed by atoms with E-state index < -0.39 is 10.2 Å². The number of benzene rings is 2. The van der Waals surface area contributed by atoms with Gasteiger partial charge in [0, 0.05) is 24.4 Å². The maximum absolute atomic E-state index is 11.1. The van der Waals surface area contributed by atoms with E-state index in [1.165, 1.54) is 7.11 Å². The molecule has 0 aliphatic heterocycles. The number of para-hydroxylation sites is 2. The molecule has 0 unspecified atom stereocenters. The van der Waals surface area contributed by atoms with Gasteiger partial charge in [0.1, 0.15) is 18.1 Å². The molecule has 0 aliphatic rings. The Labute approximate surface area is 157 Å². The second-order valence-electron chi connectivity index (χ2n) is 5.49. The summed E-state index contributed by atoms with van der Waals surface area (Å²) in [6.07, 6.45) is 0.344. The summed E-state index contributed by atoms with van der Waals surface area (Å²) in [5.74, 6) is -0.216. The largest absolute Gasteiger partial charge is 0.469 e. The van der Waals surface area contributed by atoms with Crippen LogP contribution in [0.4, 0.5) is 5.69 Å². The van der Waals surface area contributed by atoms with Crippen molar-refractivity contribution >= 4 is 33.7 Å². The van der Waals surface area contributed by atoms with Gasteiger partial charge in [-0.15, -0.1) is 10.2 Å². The number of nitrogens with zero attached hydrogens (tertiary/aromatic N) is 2. The van der Waals surface area contributed by atoms with Crippen LogP contribution in [-0.2, 0) is 16.6 Å². The molecule has 1 aromatic heterocycles. The molecule has 0 spiro atoms. The van der Waals surface area contributed by atoms with E-state index in [1.54, 1.807) is 0 Å². The predicted octanol–water partition coefficient (Wildman–Crippen LogP) is -2.57. The third kappa shape index (κ3) is 6.27. The molecule has 0 atom stereocenters. The Morgan fingerprint density at radius 1 is 1.11 bits per heavy atom. The van der Waals surface area contributed by atoms with Crippen molar-refractivity contribution in [2.75, 3.05) is 19.0 Å². The monoisotopic (exact) mass is 395 g/mol. The Bertz CT molecular complexity index is 939. The number of carbonyl (C=O) groups excluding carboxylic acids is 1. The second kappa shape index (κ2) is 8.89. The molecule has 0 bridgehead atoms. The number of aromatic nitrogens is 2. The number of methoxy groups -OCH3 is 1. The number of hydrogen-bond donors (Lipinski definition) is 1. The van der Waals surface area contributed by atoms with Crippen LogP contribution in [0.25, 0.3) is 22.1 Å². The maximum Gasteiger partial charge on any atom is 0.307 e. The molecule has 144 valence electrons. The first-order chi connectivity index (χ1) is 12.7. The standard InChI is InChI=1S/C17H17N3O2.ClHO4/c1-20-15-6-4-3-5-13(15)19-14-8-7-12(11-16(14)20)18-10-9-17(21)22-2;2-1(3,4)5/h3-8,11H,9-10H2,1-2H3;(H,2,3,4,5). The first-order valence-corrected chi connectivity index (χ1v) is 9.03. The van der Waals surface area contributed by atoms with Gasteiger partial charge >= 0.3 is 5.97 Å². The molecule has 27 heavy (non-hydrogen) atoms. The molecule has 0 saturated carbocycles. The second-order valence-corrected chi connectivity index (χ2v) is 6.25. The molecular formula is C17H18ClN3O6. The molecular weight excluding hydrogens is 378 g/mol. The molecule has 2 aromatic carbocycles. The van der Waals surface area contributed by atoms with Crippen LogP contribution >= 0.6 is 0 Å². The molecule has 1 heterocycles. The molecule has 0 radical (unpaired) electrons. The van der Waals surface area contributed by atoms with Crippen molar-refractivity contribution < 1.29 is 43.0 Å². The summed E-state index contributed by atoms with van der Waals surface area (Å²) in [5.41, 5.74) is 5.01. The first kappa shape index (κ1) is 20.7. The lowest BCUT2D eigenvalue weighted by molar-refractivity contribution is -2.00. The number of aryl methyl sites for hydroxylation is 1. The van der Waals surface area contributed by atoms with E-state index in [2.05, 4.69) is 25.7 Å². The van der Waals surface area contributed by atoms with Crippen LogP contribution in [0.15, 0.2) is 42.5 Å². The molecule has 10 heteroatoms. The van der Waals surface area contributed by atoms with Crippen molar-refractivity contribution in [2.45, 2.75) is 6.42 Å². The zero-order valence-corrected chi connectivity index (χ0v) is 15.4. The highest BCUT2D eigenvalue weighted by molar-refractivity contribution is 5.83. The summed E-state index contributed by atoms with van der Waals surface area (Å²) < 4.78 is 40.7. The smallest absolute Gasteiger partial charge is 0.307 e. The van der Waals surface area contributed by atoms with E-state index in [-0.39, 0.29) is 5.97 Å². The lowest BCUT2D eigenvalue weighted by atomic mass is 10.2. The fourth-order valence-corrected chi connectivity index (χ4v) is 2.51. The highest BCUT2D eigenvalue weighted by Gasteiger charge is 2.13. The van der Waals surface area contributed by atoms with Crippen molar-refractivity contribution in [1.82, 2.24) is 4.98 Å². The van der Waals surface area contributed by atoms with Crippen molar-refractivity contribution in [3.8, 4) is 0 Å². The third-order valence-corrected chi connectivity index (χ3v) is 3.71. The van der Waals surface area contributed by atoms with Crippen LogP contribution in [0.1, 0.15) is 6.42 Å². The average Bonchev–Trinajstić information content (AvgIpc) is 2.61. The van der Waals surface area contributed by atoms with Crippen LogP contribution in [-0.4, -0.2) is 24.6 Å². The molecule has 0 fully saturated rings. The topological polar surface area (TPSA) is 147 Å². The van der Waals surface area contributed by atoms with Gasteiger partial charge in [0.15, 0.2) is 0 Å². The molecule has 0 saturated heterocycles. The van der Waals surface area contributed by atoms with E-state index in [9.17, 15) is 4.79 Å². The SMILES string of the molecule is COC(=O)CCNc1ccc2nc3ccccc3[n+](C)c2c1.[O-][Cl+3]([O-])([O-])[O-]. The number of rotatable bonds is 4. The predicted molar refractivity (Wildman–Crippen MR) is 85.5 cm³/mol. The zero-order valence-electron chi connectivity index (χ0n) is 14.7. The number of carbonyl (C=O) groups is 1. The minimum absolute atomic E-state index is 0.216. The van der Waals surface area contributed by atoms with E-state index in [0.717, 1.165) is 27.8 Å². The Kier molecular flexibility index (Phi) is 6.83. The molecule has 0 amide bonds. The van der Waals surface area contributed by atoms with E-state index >= 15 is 0 Å². The first-order valence-electron chi connectivity index (χ1n) is 7.80. The molecule has 0 aliphatic carbocycles. The van der Waals surface area contributed by atoms with Gasteiger partial charge in [-0.2, -0.15) is 4.57 Å². The summed E-state index contributed by atoms with van der Waals surface area (Å²) in [6.45, 7) is 0.545. The van der Waals surface area contributed by atoms with E-state index in [1.807, 2.05) is 43.4 Å². The Balaban J connectivity index is 0.000000465. The van der Waals surface area contributed by atoms with Crippen LogP contribution in [0, 0.1) is 10.2 Å². The van der Waals surface area contributed by atoms with Crippen LogP contribution in [0.5, 0.6) is 0 Å². The Morgan fingerprint density at radius 3 is 2.41 bits per heavy atom. The van der Waals surface area contributed by atoms with Gasteiger partial charge in [-0.3, -0.25) is 4.79 Å². The fraction of sp³-hybridized carbons (Fsp3) is 0.235. The molecule has 1 N–H and O–H groups in total.